The van der Waals surface area contributed by atoms with Crippen molar-refractivity contribution in [2.24, 2.45) is 0 Å². The number of carbonyl (C=O) groups excluding carboxylic acids is 1. The molecule has 28 heavy (non-hydrogen) atoms. The van der Waals surface area contributed by atoms with Crippen molar-refractivity contribution in [2.75, 3.05) is 25.5 Å². The molecule has 1 amide bonds. The maximum atomic E-state index is 13.0. The van der Waals surface area contributed by atoms with Gasteiger partial charge in [0.2, 0.25) is 15.9 Å². The number of carbonyl (C=O) groups is 1. The molecule has 2 aromatic rings. The Balaban J connectivity index is 1.83. The molecule has 0 aliphatic carbocycles. The number of pyridine rings is 1. The van der Waals surface area contributed by atoms with Crippen LogP contribution in [0.4, 0.5) is 5.69 Å². The number of anilines is 1. The van der Waals surface area contributed by atoms with Crippen LogP contribution in [0.15, 0.2) is 52.3 Å². The normalized spacial score (nSPS) is 15.2. The molecule has 1 aromatic heterocycles. The first-order valence-corrected chi connectivity index (χ1v) is 10.5. The number of hydrogen-bond acceptors (Lipinski definition) is 5. The summed E-state index contributed by atoms with van der Waals surface area (Å²) in [6.07, 6.45) is 4.17. The van der Waals surface area contributed by atoms with E-state index in [0.717, 1.165) is 19.3 Å². The number of rotatable bonds is 6. The second kappa shape index (κ2) is 8.57. The van der Waals surface area contributed by atoms with Crippen LogP contribution in [0.1, 0.15) is 19.3 Å². The average Bonchev–Trinajstić information content (AvgIpc) is 2.70. The van der Waals surface area contributed by atoms with Gasteiger partial charge in [0.05, 0.1) is 7.11 Å². The monoisotopic (exact) mass is 405 g/mol. The number of hydrogen-bond donors (Lipinski definition) is 1. The molecule has 0 spiro atoms. The van der Waals surface area contributed by atoms with Crippen LogP contribution in [0.5, 0.6) is 5.75 Å². The minimum atomic E-state index is -3.73. The standard InChI is InChI=1S/C19H23N3O5S/c1-27-16-9-8-15(20-18(23)14-21-10-6-3-7-19(21)24)13-17(16)28(25,26)22-11-4-2-5-12-22/h3,6-10,13H,2,4-5,11-12,14H2,1H3,(H,20,23). The van der Waals surface area contributed by atoms with Gasteiger partial charge in [-0.2, -0.15) is 4.31 Å². The zero-order valence-electron chi connectivity index (χ0n) is 15.6. The Morgan fingerprint density at radius 1 is 1.14 bits per heavy atom. The second-order valence-corrected chi connectivity index (χ2v) is 8.45. The second-order valence-electron chi connectivity index (χ2n) is 6.55. The predicted molar refractivity (Wildman–Crippen MR) is 105 cm³/mol. The number of ether oxygens (including phenoxy) is 1. The van der Waals surface area contributed by atoms with Crippen LogP contribution in [0.3, 0.4) is 0 Å². The third-order valence-corrected chi connectivity index (χ3v) is 6.51. The third-order valence-electron chi connectivity index (χ3n) is 4.59. The lowest BCUT2D eigenvalue weighted by atomic mass is 10.2. The number of sulfonamides is 1. The fourth-order valence-electron chi connectivity index (χ4n) is 3.15. The maximum Gasteiger partial charge on any atom is 0.250 e. The van der Waals surface area contributed by atoms with Crippen LogP contribution >= 0.6 is 0 Å². The molecule has 150 valence electrons. The van der Waals surface area contributed by atoms with Crippen LogP contribution < -0.4 is 15.6 Å². The van der Waals surface area contributed by atoms with E-state index in [2.05, 4.69) is 5.32 Å². The van der Waals surface area contributed by atoms with Gasteiger partial charge in [-0.05, 0) is 37.1 Å². The van der Waals surface area contributed by atoms with E-state index in [0.29, 0.717) is 18.8 Å². The Labute approximate surface area is 163 Å². The Morgan fingerprint density at radius 3 is 2.57 bits per heavy atom. The lowest BCUT2D eigenvalue weighted by Crippen LogP contribution is -2.35. The summed E-state index contributed by atoms with van der Waals surface area (Å²) in [5, 5.41) is 2.65. The van der Waals surface area contributed by atoms with E-state index >= 15 is 0 Å². The fraction of sp³-hybridized carbons (Fsp3) is 0.368. The topological polar surface area (TPSA) is 97.7 Å². The van der Waals surface area contributed by atoms with Gasteiger partial charge in [0.15, 0.2) is 0 Å². The third kappa shape index (κ3) is 4.42. The van der Waals surface area contributed by atoms with Crippen molar-refractivity contribution in [3.8, 4) is 5.75 Å². The van der Waals surface area contributed by atoms with Gasteiger partial charge in [0.25, 0.3) is 5.56 Å². The van der Waals surface area contributed by atoms with Gasteiger partial charge < -0.3 is 14.6 Å². The van der Waals surface area contributed by atoms with Crippen LogP contribution in [0.25, 0.3) is 0 Å². The first-order valence-electron chi connectivity index (χ1n) is 9.05. The number of nitrogens with zero attached hydrogens (tertiary/aromatic N) is 2. The van der Waals surface area contributed by atoms with Crippen molar-refractivity contribution < 1.29 is 17.9 Å². The molecule has 1 saturated heterocycles. The minimum Gasteiger partial charge on any atom is -0.495 e. The van der Waals surface area contributed by atoms with Gasteiger partial charge in [-0.1, -0.05) is 12.5 Å². The van der Waals surface area contributed by atoms with Crippen LogP contribution in [0.2, 0.25) is 0 Å². The maximum absolute atomic E-state index is 13.0. The number of benzene rings is 1. The highest BCUT2D eigenvalue weighted by Crippen LogP contribution is 2.31. The van der Waals surface area contributed by atoms with Crippen molar-refractivity contribution in [3.05, 3.63) is 52.9 Å². The summed E-state index contributed by atoms with van der Waals surface area (Å²) in [5.41, 5.74) is 0.0334. The summed E-state index contributed by atoms with van der Waals surface area (Å²) in [6, 6.07) is 9.10. The SMILES string of the molecule is COc1ccc(NC(=O)Cn2ccccc2=O)cc1S(=O)(=O)N1CCCCC1. The Bertz CT molecular complexity index is 1010. The zero-order valence-corrected chi connectivity index (χ0v) is 16.4. The van der Waals surface area contributed by atoms with Gasteiger partial charge in [-0.15, -0.1) is 0 Å². The molecule has 1 aliphatic heterocycles. The Kier molecular flexibility index (Phi) is 6.15. The van der Waals surface area contributed by atoms with Crippen LogP contribution in [-0.2, 0) is 21.4 Å². The van der Waals surface area contributed by atoms with E-state index in [4.69, 9.17) is 4.74 Å². The Morgan fingerprint density at radius 2 is 1.89 bits per heavy atom. The minimum absolute atomic E-state index is 0.0200. The van der Waals surface area contributed by atoms with Gasteiger partial charge in [0.1, 0.15) is 17.2 Å². The highest BCUT2D eigenvalue weighted by Gasteiger charge is 2.29. The van der Waals surface area contributed by atoms with E-state index in [1.165, 1.54) is 40.4 Å². The van der Waals surface area contributed by atoms with Crippen molar-refractivity contribution in [1.29, 1.82) is 0 Å². The van der Waals surface area contributed by atoms with Crippen molar-refractivity contribution in [2.45, 2.75) is 30.7 Å². The molecule has 0 atom stereocenters. The molecule has 1 N–H and O–H groups in total. The van der Waals surface area contributed by atoms with E-state index in [1.807, 2.05) is 0 Å². The number of piperidine rings is 1. The lowest BCUT2D eigenvalue weighted by molar-refractivity contribution is -0.116. The summed E-state index contributed by atoms with van der Waals surface area (Å²) < 4.78 is 34.0. The van der Waals surface area contributed by atoms with E-state index < -0.39 is 15.9 Å². The summed E-state index contributed by atoms with van der Waals surface area (Å²) in [5.74, 6) is -0.206. The first kappa shape index (κ1) is 20.1. The largest absolute Gasteiger partial charge is 0.495 e. The quantitative estimate of drug-likeness (QED) is 0.788. The summed E-state index contributed by atoms with van der Waals surface area (Å²) in [7, 11) is -2.32. The number of aromatic nitrogens is 1. The molecule has 0 radical (unpaired) electrons. The first-order chi connectivity index (χ1) is 13.4. The highest BCUT2D eigenvalue weighted by molar-refractivity contribution is 7.89. The number of nitrogens with one attached hydrogen (secondary N) is 1. The van der Waals surface area contributed by atoms with E-state index in [9.17, 15) is 18.0 Å². The number of methoxy groups -OCH3 is 1. The van der Waals surface area contributed by atoms with Crippen molar-refractivity contribution in [3.63, 3.8) is 0 Å². The fourth-order valence-corrected chi connectivity index (χ4v) is 4.85. The molecule has 1 aromatic carbocycles. The highest BCUT2D eigenvalue weighted by atomic mass is 32.2. The molecule has 3 rings (SSSR count). The summed E-state index contributed by atoms with van der Waals surface area (Å²) in [4.78, 5) is 24.0. The smallest absolute Gasteiger partial charge is 0.250 e. The van der Waals surface area contributed by atoms with Gasteiger partial charge >= 0.3 is 0 Å². The van der Waals surface area contributed by atoms with Gasteiger partial charge in [0, 0.05) is 31.0 Å². The molecular formula is C19H23N3O5S. The lowest BCUT2D eigenvalue weighted by Gasteiger charge is -2.26. The van der Waals surface area contributed by atoms with E-state index in [1.54, 1.807) is 18.2 Å². The van der Waals surface area contributed by atoms with Gasteiger partial charge in [-0.25, -0.2) is 8.42 Å². The molecule has 0 bridgehead atoms. The Hall–Kier alpha value is -2.65. The molecule has 0 unspecified atom stereocenters. The molecular weight excluding hydrogens is 382 g/mol. The van der Waals surface area contributed by atoms with Crippen LogP contribution in [-0.4, -0.2) is 43.4 Å². The van der Waals surface area contributed by atoms with E-state index in [-0.39, 0.29) is 22.7 Å². The molecule has 1 aliphatic rings. The average molecular weight is 405 g/mol. The molecule has 2 heterocycles. The molecule has 9 heteroatoms. The molecule has 8 nitrogen and oxygen atoms in total. The van der Waals surface area contributed by atoms with Crippen molar-refractivity contribution >= 4 is 21.6 Å². The molecule has 0 saturated carbocycles. The zero-order chi connectivity index (χ0) is 20.1. The van der Waals surface area contributed by atoms with Crippen LogP contribution in [0, 0.1) is 0 Å². The summed E-state index contributed by atoms with van der Waals surface area (Å²) >= 11 is 0. The number of amides is 1. The predicted octanol–water partition coefficient (Wildman–Crippen LogP) is 1.67. The van der Waals surface area contributed by atoms with Crippen molar-refractivity contribution in [1.82, 2.24) is 8.87 Å². The van der Waals surface area contributed by atoms with Gasteiger partial charge in [-0.3, -0.25) is 9.59 Å². The summed E-state index contributed by atoms with van der Waals surface area (Å²) in [6.45, 7) is 0.776. The molecule has 1 fully saturated rings.